The Bertz CT molecular complexity index is 1750. The fraction of sp³-hybridized carbons (Fsp3) is 0.400. The maximum Gasteiger partial charge on any atom is 0.142 e. The van der Waals surface area contributed by atoms with Crippen molar-refractivity contribution in [3.05, 3.63) is 111 Å². The monoisotopic (exact) mass is 682 g/mol. The minimum atomic E-state index is -0.0500. The minimum Gasteiger partial charge on any atom is -0.488 e. The van der Waals surface area contributed by atoms with E-state index in [9.17, 15) is 10.4 Å². The summed E-state index contributed by atoms with van der Waals surface area (Å²) >= 11 is 6.81. The summed E-state index contributed by atoms with van der Waals surface area (Å²) in [5.74, 6) is 1.12. The molecule has 1 saturated heterocycles. The second-order valence-electron chi connectivity index (χ2n) is 12.9. The molecule has 4 aromatic rings. The van der Waals surface area contributed by atoms with E-state index < -0.39 is 0 Å². The van der Waals surface area contributed by atoms with Gasteiger partial charge < -0.3 is 24.2 Å². The van der Waals surface area contributed by atoms with Crippen LogP contribution in [0.3, 0.4) is 0 Å². The minimum absolute atomic E-state index is 0.0309. The summed E-state index contributed by atoms with van der Waals surface area (Å²) in [6, 6.07) is 20.3. The van der Waals surface area contributed by atoms with Crippen molar-refractivity contribution in [3.63, 3.8) is 0 Å². The van der Waals surface area contributed by atoms with Crippen molar-refractivity contribution in [2.24, 2.45) is 0 Å². The van der Waals surface area contributed by atoms with Gasteiger partial charge >= 0.3 is 0 Å². The molecule has 1 aromatic heterocycles. The zero-order chi connectivity index (χ0) is 34.8. The Balaban J connectivity index is 1.32. The third-order valence-corrected chi connectivity index (χ3v) is 9.74. The van der Waals surface area contributed by atoms with Crippen LogP contribution in [0.15, 0.2) is 67.0 Å². The summed E-state index contributed by atoms with van der Waals surface area (Å²) < 4.78 is 18.8. The van der Waals surface area contributed by atoms with E-state index in [-0.39, 0.29) is 19.3 Å². The Kier molecular flexibility index (Phi) is 13.1. The molecule has 0 amide bonds. The van der Waals surface area contributed by atoms with Crippen molar-refractivity contribution in [2.75, 3.05) is 39.9 Å². The molecule has 5 rings (SSSR count). The van der Waals surface area contributed by atoms with Gasteiger partial charge in [-0.2, -0.15) is 5.26 Å². The average Bonchev–Trinajstić information content (AvgIpc) is 3.64. The zero-order valence-electron chi connectivity index (χ0n) is 29.0. The quantitative estimate of drug-likeness (QED) is 0.122. The maximum atomic E-state index is 9.69. The topological polar surface area (TPSA) is 91.1 Å². The van der Waals surface area contributed by atoms with Crippen molar-refractivity contribution in [1.82, 2.24) is 14.8 Å². The van der Waals surface area contributed by atoms with Crippen LogP contribution in [0.5, 0.6) is 11.5 Å². The van der Waals surface area contributed by atoms with Crippen molar-refractivity contribution in [2.45, 2.75) is 66.0 Å². The molecule has 1 unspecified atom stereocenters. The van der Waals surface area contributed by atoms with Crippen LogP contribution in [0, 0.1) is 25.2 Å². The molecule has 3 aromatic carbocycles. The van der Waals surface area contributed by atoms with Gasteiger partial charge in [-0.3, -0.25) is 9.88 Å². The number of pyridine rings is 1. The number of nitrogens with zero attached hydrogens (tertiary/aromatic N) is 4. The molecule has 1 N–H and O–H groups in total. The lowest BCUT2D eigenvalue weighted by atomic mass is 9.92. The predicted molar refractivity (Wildman–Crippen MR) is 194 cm³/mol. The number of ether oxygens (including phenoxy) is 3. The number of aliphatic hydroxyl groups excluding tert-OH is 1. The number of halogens is 1. The van der Waals surface area contributed by atoms with Crippen LogP contribution < -0.4 is 9.47 Å². The number of benzene rings is 3. The summed E-state index contributed by atoms with van der Waals surface area (Å²) in [6.07, 6.45) is 5.79. The lowest BCUT2D eigenvalue weighted by molar-refractivity contribution is 0.0990. The van der Waals surface area contributed by atoms with E-state index in [0.717, 1.165) is 41.0 Å². The second-order valence-corrected chi connectivity index (χ2v) is 13.3. The summed E-state index contributed by atoms with van der Waals surface area (Å²) in [5.41, 5.74) is 9.09. The second kappa shape index (κ2) is 17.6. The summed E-state index contributed by atoms with van der Waals surface area (Å²) in [5, 5.41) is 19.5. The highest BCUT2D eigenvalue weighted by Crippen LogP contribution is 2.36. The van der Waals surface area contributed by atoms with Gasteiger partial charge in [-0.05, 0) is 99.3 Å². The van der Waals surface area contributed by atoms with Gasteiger partial charge in [0, 0.05) is 48.7 Å². The van der Waals surface area contributed by atoms with E-state index in [0.29, 0.717) is 41.8 Å². The van der Waals surface area contributed by atoms with E-state index in [2.05, 4.69) is 66.2 Å². The average molecular weight is 683 g/mol. The van der Waals surface area contributed by atoms with Gasteiger partial charge in [0.15, 0.2) is 0 Å². The van der Waals surface area contributed by atoms with Crippen LogP contribution in [-0.2, 0) is 31.1 Å². The molecule has 0 aliphatic carbocycles. The van der Waals surface area contributed by atoms with E-state index in [1.807, 2.05) is 31.0 Å². The first-order chi connectivity index (χ1) is 23.8. The molecule has 9 heteroatoms. The summed E-state index contributed by atoms with van der Waals surface area (Å²) in [7, 11) is 1.94. The first-order valence-electron chi connectivity index (χ1n) is 17.0. The van der Waals surface area contributed by atoms with Crippen molar-refractivity contribution in [3.8, 4) is 28.7 Å². The molecule has 49 heavy (non-hydrogen) atoms. The molecule has 2 heterocycles. The molecular weight excluding hydrogens is 636 g/mol. The number of likely N-dealkylation sites (N-methyl/N-ethyl adjacent to an activating group) is 1. The molecule has 1 aliphatic heterocycles. The normalized spacial score (nSPS) is 13.8. The Hall–Kier alpha value is -3.97. The van der Waals surface area contributed by atoms with Gasteiger partial charge in [0.25, 0.3) is 0 Å². The first kappa shape index (κ1) is 36.3. The first-order valence-corrected chi connectivity index (χ1v) is 17.4. The van der Waals surface area contributed by atoms with Gasteiger partial charge in [-0.1, -0.05) is 48.0 Å². The largest absolute Gasteiger partial charge is 0.488 e. The highest BCUT2D eigenvalue weighted by Gasteiger charge is 2.18. The van der Waals surface area contributed by atoms with Crippen molar-refractivity contribution >= 4 is 11.6 Å². The van der Waals surface area contributed by atoms with Crippen LogP contribution in [0.25, 0.3) is 11.1 Å². The van der Waals surface area contributed by atoms with Gasteiger partial charge in [0.2, 0.25) is 0 Å². The van der Waals surface area contributed by atoms with Gasteiger partial charge in [-0.15, -0.1) is 0 Å². The van der Waals surface area contributed by atoms with E-state index >= 15 is 0 Å². The Labute approximate surface area is 295 Å². The number of nitriles is 1. The van der Waals surface area contributed by atoms with Gasteiger partial charge in [0.1, 0.15) is 30.8 Å². The zero-order valence-corrected chi connectivity index (χ0v) is 29.8. The van der Waals surface area contributed by atoms with E-state index in [4.69, 9.17) is 25.8 Å². The van der Waals surface area contributed by atoms with E-state index in [1.54, 1.807) is 12.3 Å². The molecular formula is C40H47ClN4O4. The third-order valence-electron chi connectivity index (χ3n) is 9.44. The smallest absolute Gasteiger partial charge is 0.142 e. The molecule has 258 valence electrons. The summed E-state index contributed by atoms with van der Waals surface area (Å²) in [4.78, 5) is 8.66. The third kappa shape index (κ3) is 9.60. The standard InChI is InChI=1S/C40H47ClN4O4/c1-28(24-46)44(4)23-35-18-38(41)40(19-39(35)48-25-32-17-31(20-42)21-43-22-32)49-27-34-10-8-12-37(30(34)3)36-11-7-9-33(29(36)2)26-47-16-15-45-13-5-6-14-45/h7-12,17-19,21-22,28,46H,5-6,13-16,23-27H2,1-4H3. The maximum absolute atomic E-state index is 9.69. The number of likely N-dealkylation sites (tertiary alicyclic amines) is 1. The molecule has 1 fully saturated rings. The van der Waals surface area contributed by atoms with Crippen LogP contribution in [-0.4, -0.2) is 65.8 Å². The highest BCUT2D eigenvalue weighted by molar-refractivity contribution is 6.32. The summed E-state index contributed by atoms with van der Waals surface area (Å²) in [6.45, 7) is 12.1. The van der Waals surface area contributed by atoms with Crippen LogP contribution >= 0.6 is 11.6 Å². The number of rotatable bonds is 16. The fourth-order valence-electron chi connectivity index (χ4n) is 6.10. The number of hydrogen-bond acceptors (Lipinski definition) is 8. The van der Waals surface area contributed by atoms with E-state index in [1.165, 1.54) is 48.8 Å². The molecule has 0 radical (unpaired) electrons. The Morgan fingerprint density at radius 1 is 0.918 bits per heavy atom. The number of aliphatic hydroxyl groups is 1. The predicted octanol–water partition coefficient (Wildman–Crippen LogP) is 7.47. The molecule has 0 saturated carbocycles. The van der Waals surface area contributed by atoms with Crippen molar-refractivity contribution in [1.29, 1.82) is 5.26 Å². The van der Waals surface area contributed by atoms with Crippen molar-refractivity contribution < 1.29 is 19.3 Å². The lowest BCUT2D eigenvalue weighted by Gasteiger charge is -2.24. The fourth-order valence-corrected chi connectivity index (χ4v) is 6.34. The Morgan fingerprint density at radius 3 is 2.27 bits per heavy atom. The molecule has 0 spiro atoms. The highest BCUT2D eigenvalue weighted by atomic mass is 35.5. The van der Waals surface area contributed by atoms with Crippen LogP contribution in [0.2, 0.25) is 5.02 Å². The lowest BCUT2D eigenvalue weighted by Crippen LogP contribution is -2.31. The number of aromatic nitrogens is 1. The molecule has 8 nitrogen and oxygen atoms in total. The Morgan fingerprint density at radius 2 is 1.59 bits per heavy atom. The van der Waals surface area contributed by atoms with Crippen LogP contribution in [0.1, 0.15) is 58.7 Å². The molecule has 1 atom stereocenters. The van der Waals surface area contributed by atoms with Crippen LogP contribution in [0.4, 0.5) is 0 Å². The number of hydrogen-bond donors (Lipinski definition) is 1. The molecule has 1 aliphatic rings. The molecule has 0 bridgehead atoms. The van der Waals surface area contributed by atoms with Gasteiger partial charge in [0.05, 0.1) is 30.4 Å². The SMILES string of the molecule is Cc1c(COCCN2CCCC2)cccc1-c1cccc(COc2cc(OCc3cncc(C#N)c3)c(CN(C)C(C)CO)cc2Cl)c1C. The van der Waals surface area contributed by atoms with Gasteiger partial charge in [-0.25, -0.2) is 0 Å².